The lowest BCUT2D eigenvalue weighted by atomic mass is 10.2. The number of benzene rings is 2. The maximum atomic E-state index is 13.5. The van der Waals surface area contributed by atoms with Crippen molar-refractivity contribution in [2.75, 3.05) is 19.7 Å². The Morgan fingerprint density at radius 2 is 1.58 bits per heavy atom. The van der Waals surface area contributed by atoms with Crippen LogP contribution in [-0.4, -0.2) is 44.2 Å². The molecule has 1 aliphatic rings. The zero-order valence-corrected chi connectivity index (χ0v) is 17.7. The van der Waals surface area contributed by atoms with Crippen molar-refractivity contribution < 1.29 is 27.1 Å². The first-order valence-electron chi connectivity index (χ1n) is 9.94. The number of amides is 2. The largest absolute Gasteiger partial charge is 0.481 e. The molecule has 0 atom stereocenters. The first-order valence-corrected chi connectivity index (χ1v) is 11.4. The normalized spacial score (nSPS) is 15.0. The third kappa shape index (κ3) is 6.02. The van der Waals surface area contributed by atoms with E-state index in [1.807, 2.05) is 0 Å². The maximum Gasteiger partial charge on any atom is 0.276 e. The minimum atomic E-state index is -3.61. The number of carbonyl (C=O) groups is 2. The summed E-state index contributed by atoms with van der Waals surface area (Å²) in [6.45, 7) is 0.491. The number of nitrogens with zero attached hydrogens (tertiary/aromatic N) is 1. The summed E-state index contributed by atoms with van der Waals surface area (Å²) in [5, 5.41) is 0. The Labute approximate surface area is 180 Å². The van der Waals surface area contributed by atoms with E-state index in [-0.39, 0.29) is 16.2 Å². The standard InChI is InChI=1S/C21H24FN3O5S/c22-18-7-3-4-8-19(18)30-15-20(26)23-24-21(27)16-9-11-17(12-10-16)31(28,29)25-13-5-1-2-6-14-25/h3-4,7-12H,1-2,5-6,13-15H2,(H,23,26)(H,24,27). The SMILES string of the molecule is O=C(COc1ccccc1F)NNC(=O)c1ccc(S(=O)(=O)N2CCCCCC2)cc1. The molecule has 1 fully saturated rings. The Hall–Kier alpha value is -2.98. The molecule has 31 heavy (non-hydrogen) atoms. The van der Waals surface area contributed by atoms with Gasteiger partial charge in [0.15, 0.2) is 18.2 Å². The molecule has 2 aromatic carbocycles. The molecule has 1 heterocycles. The first-order chi connectivity index (χ1) is 14.9. The summed E-state index contributed by atoms with van der Waals surface area (Å²) in [6, 6.07) is 11.1. The van der Waals surface area contributed by atoms with Crippen LogP contribution in [0.15, 0.2) is 53.4 Å². The molecule has 2 N–H and O–H groups in total. The fourth-order valence-electron chi connectivity index (χ4n) is 3.15. The number of hydrogen-bond donors (Lipinski definition) is 2. The van der Waals surface area contributed by atoms with E-state index >= 15 is 0 Å². The Bertz CT molecular complexity index is 1020. The van der Waals surface area contributed by atoms with Crippen LogP contribution in [0.4, 0.5) is 4.39 Å². The predicted molar refractivity (Wildman–Crippen MR) is 111 cm³/mol. The number of ether oxygens (including phenoxy) is 1. The molecule has 0 bridgehead atoms. The van der Waals surface area contributed by atoms with Gasteiger partial charge in [-0.1, -0.05) is 25.0 Å². The summed E-state index contributed by atoms with van der Waals surface area (Å²) in [5.74, 6) is -1.99. The summed E-state index contributed by atoms with van der Waals surface area (Å²) in [5.41, 5.74) is 4.54. The van der Waals surface area contributed by atoms with Gasteiger partial charge in [-0.05, 0) is 49.2 Å². The van der Waals surface area contributed by atoms with Gasteiger partial charge in [-0.15, -0.1) is 0 Å². The molecular formula is C21H24FN3O5S. The molecule has 0 saturated carbocycles. The highest BCUT2D eigenvalue weighted by Crippen LogP contribution is 2.20. The quantitative estimate of drug-likeness (QED) is 0.658. The molecular weight excluding hydrogens is 425 g/mol. The summed E-state index contributed by atoms with van der Waals surface area (Å²) in [6.07, 6.45) is 3.70. The van der Waals surface area contributed by atoms with Crippen LogP contribution in [-0.2, 0) is 14.8 Å². The Morgan fingerprint density at radius 3 is 2.23 bits per heavy atom. The van der Waals surface area contributed by atoms with Crippen LogP contribution in [0.25, 0.3) is 0 Å². The predicted octanol–water partition coefficient (Wildman–Crippen LogP) is 2.23. The average Bonchev–Trinajstić information content (AvgIpc) is 3.07. The van der Waals surface area contributed by atoms with Crippen LogP contribution in [0.2, 0.25) is 0 Å². The summed E-state index contributed by atoms with van der Waals surface area (Å²) < 4.78 is 45.5. The third-order valence-electron chi connectivity index (χ3n) is 4.83. The molecule has 0 aliphatic carbocycles. The minimum Gasteiger partial charge on any atom is -0.481 e. The van der Waals surface area contributed by atoms with Crippen molar-refractivity contribution in [3.05, 3.63) is 59.9 Å². The number of hydrogen-bond acceptors (Lipinski definition) is 5. The van der Waals surface area contributed by atoms with Gasteiger partial charge in [0.25, 0.3) is 11.8 Å². The molecule has 1 saturated heterocycles. The molecule has 2 amide bonds. The van der Waals surface area contributed by atoms with Crippen molar-refractivity contribution in [2.24, 2.45) is 0 Å². The van der Waals surface area contributed by atoms with Gasteiger partial charge in [0.2, 0.25) is 10.0 Å². The van der Waals surface area contributed by atoms with Gasteiger partial charge in [0.05, 0.1) is 4.90 Å². The average molecular weight is 450 g/mol. The summed E-state index contributed by atoms with van der Waals surface area (Å²) in [7, 11) is -3.61. The van der Waals surface area contributed by atoms with E-state index in [1.54, 1.807) is 6.07 Å². The van der Waals surface area contributed by atoms with Gasteiger partial charge in [0.1, 0.15) is 0 Å². The lowest BCUT2D eigenvalue weighted by Gasteiger charge is -2.20. The smallest absolute Gasteiger partial charge is 0.276 e. The van der Waals surface area contributed by atoms with E-state index in [1.165, 1.54) is 46.8 Å². The van der Waals surface area contributed by atoms with Crippen LogP contribution < -0.4 is 15.6 Å². The zero-order valence-electron chi connectivity index (χ0n) is 16.8. The van der Waals surface area contributed by atoms with Gasteiger partial charge in [0, 0.05) is 18.7 Å². The topological polar surface area (TPSA) is 105 Å². The molecule has 0 unspecified atom stereocenters. The van der Waals surface area contributed by atoms with Crippen molar-refractivity contribution in [2.45, 2.75) is 30.6 Å². The van der Waals surface area contributed by atoms with Gasteiger partial charge < -0.3 is 4.74 Å². The number of halogens is 1. The van der Waals surface area contributed by atoms with Gasteiger partial charge in [-0.3, -0.25) is 20.4 Å². The molecule has 8 nitrogen and oxygen atoms in total. The lowest BCUT2D eigenvalue weighted by molar-refractivity contribution is -0.123. The van der Waals surface area contributed by atoms with E-state index in [0.717, 1.165) is 25.7 Å². The van der Waals surface area contributed by atoms with E-state index in [4.69, 9.17) is 4.74 Å². The monoisotopic (exact) mass is 449 g/mol. The number of nitrogens with one attached hydrogen (secondary N) is 2. The van der Waals surface area contributed by atoms with Crippen LogP contribution >= 0.6 is 0 Å². The van der Waals surface area contributed by atoms with Gasteiger partial charge >= 0.3 is 0 Å². The van der Waals surface area contributed by atoms with Crippen molar-refractivity contribution >= 4 is 21.8 Å². The molecule has 1 aliphatic heterocycles. The lowest BCUT2D eigenvalue weighted by Crippen LogP contribution is -2.43. The van der Waals surface area contributed by atoms with Crippen LogP contribution in [0, 0.1) is 5.82 Å². The molecule has 166 valence electrons. The zero-order chi connectivity index (χ0) is 22.3. The van der Waals surface area contributed by atoms with Crippen LogP contribution in [0.1, 0.15) is 36.0 Å². The van der Waals surface area contributed by atoms with E-state index in [0.29, 0.717) is 13.1 Å². The summed E-state index contributed by atoms with van der Waals surface area (Å²) in [4.78, 5) is 24.1. The number of sulfonamides is 1. The maximum absolute atomic E-state index is 13.5. The fourth-order valence-corrected chi connectivity index (χ4v) is 4.67. The van der Waals surface area contributed by atoms with Crippen LogP contribution in [0.3, 0.4) is 0 Å². The van der Waals surface area contributed by atoms with Crippen LogP contribution in [0.5, 0.6) is 5.75 Å². The molecule has 0 radical (unpaired) electrons. The van der Waals surface area contributed by atoms with Crippen molar-refractivity contribution in [3.63, 3.8) is 0 Å². The van der Waals surface area contributed by atoms with Crippen molar-refractivity contribution in [3.8, 4) is 5.75 Å². The molecule has 0 spiro atoms. The number of hydrazine groups is 1. The highest BCUT2D eigenvalue weighted by Gasteiger charge is 2.25. The second kappa shape index (κ2) is 10.4. The first kappa shape index (κ1) is 22.7. The molecule has 2 aromatic rings. The Morgan fingerprint density at radius 1 is 0.935 bits per heavy atom. The number of rotatable bonds is 6. The molecule has 3 rings (SSSR count). The highest BCUT2D eigenvalue weighted by atomic mass is 32.2. The highest BCUT2D eigenvalue weighted by molar-refractivity contribution is 7.89. The van der Waals surface area contributed by atoms with E-state index in [2.05, 4.69) is 10.9 Å². The molecule has 0 aromatic heterocycles. The third-order valence-corrected chi connectivity index (χ3v) is 6.74. The van der Waals surface area contributed by atoms with E-state index in [9.17, 15) is 22.4 Å². The Kier molecular flexibility index (Phi) is 7.59. The minimum absolute atomic E-state index is 0.0785. The number of para-hydroxylation sites is 1. The summed E-state index contributed by atoms with van der Waals surface area (Å²) >= 11 is 0. The van der Waals surface area contributed by atoms with Crippen molar-refractivity contribution in [1.29, 1.82) is 0 Å². The second-order valence-corrected chi connectivity index (χ2v) is 9.00. The van der Waals surface area contributed by atoms with Gasteiger partial charge in [-0.25, -0.2) is 12.8 Å². The van der Waals surface area contributed by atoms with E-state index < -0.39 is 34.3 Å². The van der Waals surface area contributed by atoms with Gasteiger partial charge in [-0.2, -0.15) is 4.31 Å². The number of carbonyl (C=O) groups excluding carboxylic acids is 2. The fraction of sp³-hybridized carbons (Fsp3) is 0.333. The molecule has 10 heteroatoms. The Balaban J connectivity index is 1.53. The second-order valence-electron chi connectivity index (χ2n) is 7.06. The van der Waals surface area contributed by atoms with Crippen molar-refractivity contribution in [1.82, 2.24) is 15.2 Å².